The molecule has 1 unspecified atom stereocenters. The van der Waals surface area contributed by atoms with Crippen molar-refractivity contribution in [3.63, 3.8) is 0 Å². The fourth-order valence-electron chi connectivity index (χ4n) is 3.00. The third-order valence-electron chi connectivity index (χ3n) is 4.78. The topological polar surface area (TPSA) is 56.7 Å². The molecular weight excluding hydrogens is 427 g/mol. The van der Waals surface area contributed by atoms with E-state index < -0.39 is 6.17 Å². The highest BCUT2D eigenvalue weighted by atomic mass is 35.5. The van der Waals surface area contributed by atoms with Crippen LogP contribution in [-0.2, 0) is 4.79 Å². The molecule has 0 bridgehead atoms. The van der Waals surface area contributed by atoms with Gasteiger partial charge in [-0.05, 0) is 49.8 Å². The van der Waals surface area contributed by atoms with Gasteiger partial charge in [0.25, 0.3) is 5.91 Å². The SMILES string of the molecule is CC[C@H](C)NC(=S)NC1N=C(c2ccccc2Cl)c2cc(Cl)ccc2N(C)C1=O. The molecule has 0 saturated carbocycles. The van der Waals surface area contributed by atoms with Crippen molar-refractivity contribution in [2.24, 2.45) is 4.99 Å². The van der Waals surface area contributed by atoms with E-state index in [4.69, 9.17) is 40.4 Å². The molecule has 0 aliphatic carbocycles. The number of carbonyl (C=O) groups is 1. The second kappa shape index (κ2) is 9.11. The number of nitrogens with one attached hydrogen (secondary N) is 2. The molecule has 2 atom stereocenters. The van der Waals surface area contributed by atoms with Crippen LogP contribution in [0.1, 0.15) is 31.4 Å². The van der Waals surface area contributed by atoms with E-state index in [1.54, 1.807) is 36.2 Å². The molecule has 1 amide bonds. The van der Waals surface area contributed by atoms with Crippen LogP contribution in [0.2, 0.25) is 10.0 Å². The van der Waals surface area contributed by atoms with Gasteiger partial charge in [-0.3, -0.25) is 4.79 Å². The van der Waals surface area contributed by atoms with Gasteiger partial charge in [-0.25, -0.2) is 4.99 Å². The van der Waals surface area contributed by atoms with E-state index in [9.17, 15) is 4.79 Å². The summed E-state index contributed by atoms with van der Waals surface area (Å²) in [5.74, 6) is -0.232. The maximum Gasteiger partial charge on any atom is 0.272 e. The van der Waals surface area contributed by atoms with Crippen molar-refractivity contribution in [1.29, 1.82) is 0 Å². The summed E-state index contributed by atoms with van der Waals surface area (Å²) in [5, 5.41) is 7.65. The zero-order chi connectivity index (χ0) is 21.1. The summed E-state index contributed by atoms with van der Waals surface area (Å²) in [6.07, 6.45) is -0.000177. The number of carbonyl (C=O) groups excluding carboxylic acids is 1. The van der Waals surface area contributed by atoms with Crippen molar-refractivity contribution in [1.82, 2.24) is 10.6 Å². The first-order valence-electron chi connectivity index (χ1n) is 9.29. The Bertz CT molecular complexity index is 979. The van der Waals surface area contributed by atoms with Gasteiger partial charge in [0, 0.05) is 34.3 Å². The monoisotopic (exact) mass is 448 g/mol. The van der Waals surface area contributed by atoms with Crippen molar-refractivity contribution < 1.29 is 4.79 Å². The molecule has 5 nitrogen and oxygen atoms in total. The number of hydrogen-bond donors (Lipinski definition) is 2. The van der Waals surface area contributed by atoms with Gasteiger partial charge in [0.2, 0.25) is 6.17 Å². The second-order valence-electron chi connectivity index (χ2n) is 6.85. The molecule has 0 radical (unpaired) electrons. The van der Waals surface area contributed by atoms with Crippen LogP contribution in [0.4, 0.5) is 5.69 Å². The Morgan fingerprint density at radius 2 is 1.97 bits per heavy atom. The number of benzene rings is 2. The predicted octanol–water partition coefficient (Wildman–Crippen LogP) is 4.40. The summed E-state index contributed by atoms with van der Waals surface area (Å²) in [6, 6.07) is 12.9. The average molecular weight is 449 g/mol. The quantitative estimate of drug-likeness (QED) is 0.680. The van der Waals surface area contributed by atoms with Gasteiger partial charge in [-0.2, -0.15) is 0 Å². The summed E-state index contributed by atoms with van der Waals surface area (Å²) in [6.45, 7) is 4.07. The van der Waals surface area contributed by atoms with Gasteiger partial charge in [0.05, 0.1) is 11.4 Å². The van der Waals surface area contributed by atoms with E-state index in [0.29, 0.717) is 32.1 Å². The minimum atomic E-state index is -0.901. The van der Waals surface area contributed by atoms with Crippen LogP contribution in [0.25, 0.3) is 0 Å². The molecule has 0 saturated heterocycles. The van der Waals surface area contributed by atoms with E-state index >= 15 is 0 Å². The zero-order valence-corrected chi connectivity index (χ0v) is 18.7. The largest absolute Gasteiger partial charge is 0.360 e. The fraction of sp³-hybridized carbons (Fsp3) is 0.286. The lowest BCUT2D eigenvalue weighted by molar-refractivity contribution is -0.119. The Hall–Kier alpha value is -2.15. The lowest BCUT2D eigenvalue weighted by Gasteiger charge is -2.23. The maximum absolute atomic E-state index is 13.1. The minimum absolute atomic E-state index is 0.177. The Labute approximate surface area is 186 Å². The Balaban J connectivity index is 2.11. The van der Waals surface area contributed by atoms with E-state index in [2.05, 4.69) is 17.6 Å². The second-order valence-corrected chi connectivity index (χ2v) is 8.10. The lowest BCUT2D eigenvalue weighted by Crippen LogP contribution is -2.50. The van der Waals surface area contributed by atoms with Gasteiger partial charge in [0.1, 0.15) is 0 Å². The minimum Gasteiger partial charge on any atom is -0.360 e. The Kier molecular flexibility index (Phi) is 6.77. The number of anilines is 1. The molecule has 0 spiro atoms. The van der Waals surface area contributed by atoms with Gasteiger partial charge in [-0.15, -0.1) is 0 Å². The molecule has 1 aliphatic heterocycles. The summed E-state index contributed by atoms with van der Waals surface area (Å²) >= 11 is 18.1. The number of aliphatic imine (C=N–C) groups is 1. The fourth-order valence-corrected chi connectivity index (χ4v) is 3.71. The highest BCUT2D eigenvalue weighted by molar-refractivity contribution is 7.80. The molecule has 29 heavy (non-hydrogen) atoms. The predicted molar refractivity (Wildman–Crippen MR) is 124 cm³/mol. The number of benzodiazepines with no additional fused rings is 1. The van der Waals surface area contributed by atoms with Crippen molar-refractivity contribution in [3.05, 3.63) is 63.6 Å². The molecule has 0 fully saturated rings. The van der Waals surface area contributed by atoms with Crippen LogP contribution >= 0.6 is 35.4 Å². The first kappa shape index (κ1) is 21.6. The summed E-state index contributed by atoms with van der Waals surface area (Å²) in [4.78, 5) is 19.4. The smallest absolute Gasteiger partial charge is 0.272 e. The molecule has 1 heterocycles. The molecule has 152 valence electrons. The van der Waals surface area contributed by atoms with Crippen LogP contribution in [0.5, 0.6) is 0 Å². The number of thiocarbonyl (C=S) groups is 1. The molecule has 8 heteroatoms. The van der Waals surface area contributed by atoms with Crippen molar-refractivity contribution in [3.8, 4) is 0 Å². The molecular formula is C21H22Cl2N4OS. The lowest BCUT2D eigenvalue weighted by atomic mass is 10.00. The zero-order valence-electron chi connectivity index (χ0n) is 16.4. The maximum atomic E-state index is 13.1. The van der Waals surface area contributed by atoms with Crippen molar-refractivity contribution in [2.45, 2.75) is 32.5 Å². The molecule has 1 aliphatic rings. The third-order valence-corrected chi connectivity index (χ3v) is 5.58. The highest BCUT2D eigenvalue weighted by Crippen LogP contribution is 2.31. The molecule has 0 aromatic heterocycles. The number of amides is 1. The normalized spacial score (nSPS) is 17.1. The molecule has 2 aromatic carbocycles. The third kappa shape index (κ3) is 4.71. The van der Waals surface area contributed by atoms with E-state index in [1.165, 1.54) is 0 Å². The van der Waals surface area contributed by atoms with E-state index in [1.807, 2.05) is 25.1 Å². The molecule has 2 aromatic rings. The van der Waals surface area contributed by atoms with Crippen LogP contribution < -0.4 is 15.5 Å². The van der Waals surface area contributed by atoms with Crippen molar-refractivity contribution >= 4 is 57.8 Å². The first-order valence-corrected chi connectivity index (χ1v) is 10.5. The number of likely N-dealkylation sites (N-methyl/N-ethyl adjacent to an activating group) is 1. The van der Waals surface area contributed by atoms with Gasteiger partial charge < -0.3 is 15.5 Å². The number of nitrogens with zero attached hydrogens (tertiary/aromatic N) is 2. The Morgan fingerprint density at radius 3 is 2.66 bits per heavy atom. The average Bonchev–Trinajstić information content (AvgIpc) is 2.79. The number of fused-ring (bicyclic) bond motifs is 1. The van der Waals surface area contributed by atoms with Crippen LogP contribution in [0.3, 0.4) is 0 Å². The standard InChI is InChI=1S/C21H22Cl2N4OS/c1-4-12(2)24-21(29)26-19-20(28)27(3)17-10-9-13(22)11-15(17)18(25-19)14-7-5-6-8-16(14)23/h5-12,19H,4H2,1-3H3,(H2,24,26,29)/t12-,19?/m0/s1. The Morgan fingerprint density at radius 1 is 1.24 bits per heavy atom. The molecule has 3 rings (SSSR count). The summed E-state index contributed by atoms with van der Waals surface area (Å²) in [7, 11) is 1.71. The summed E-state index contributed by atoms with van der Waals surface area (Å²) in [5.41, 5.74) is 2.72. The van der Waals surface area contributed by atoms with Crippen LogP contribution in [-0.4, -0.2) is 36.0 Å². The van der Waals surface area contributed by atoms with Gasteiger partial charge >= 0.3 is 0 Å². The van der Waals surface area contributed by atoms with Crippen LogP contribution in [0.15, 0.2) is 47.5 Å². The van der Waals surface area contributed by atoms with Gasteiger partial charge in [0.15, 0.2) is 5.11 Å². The van der Waals surface area contributed by atoms with E-state index in [0.717, 1.165) is 12.0 Å². The van der Waals surface area contributed by atoms with E-state index in [-0.39, 0.29) is 11.9 Å². The number of hydrogen-bond acceptors (Lipinski definition) is 3. The first-order chi connectivity index (χ1) is 13.8. The summed E-state index contributed by atoms with van der Waals surface area (Å²) < 4.78 is 0. The highest BCUT2D eigenvalue weighted by Gasteiger charge is 2.31. The van der Waals surface area contributed by atoms with Crippen molar-refractivity contribution in [2.75, 3.05) is 11.9 Å². The number of rotatable bonds is 4. The number of halogens is 2. The van der Waals surface area contributed by atoms with Gasteiger partial charge in [-0.1, -0.05) is 48.3 Å². The van der Waals surface area contributed by atoms with Crippen LogP contribution in [0, 0.1) is 0 Å². The molecule has 2 N–H and O–H groups in total.